The van der Waals surface area contributed by atoms with E-state index in [9.17, 15) is 4.79 Å². The van der Waals surface area contributed by atoms with Crippen molar-refractivity contribution in [3.8, 4) is 11.8 Å². The zero-order chi connectivity index (χ0) is 9.23. The second-order valence-corrected chi connectivity index (χ2v) is 2.18. The molecule has 0 radical (unpaired) electrons. The van der Waals surface area contributed by atoms with Gasteiger partial charge in [0.05, 0.1) is 6.54 Å². The summed E-state index contributed by atoms with van der Waals surface area (Å²) >= 11 is 0. The van der Waals surface area contributed by atoms with Gasteiger partial charge >= 0.3 is 0 Å². The normalized spacial score (nSPS) is 8.50. The molecule has 4 heteroatoms. The Morgan fingerprint density at radius 3 is 2.83 bits per heavy atom. The highest BCUT2D eigenvalue weighted by Crippen LogP contribution is 1.83. The molecule has 4 N–H and O–H groups in total. The minimum absolute atomic E-state index is 0.0484. The third-order valence-electron chi connectivity index (χ3n) is 1.19. The number of hydrogen-bond acceptors (Lipinski definition) is 3. The molecule has 0 aromatic carbocycles. The number of hydrogen-bond donors (Lipinski definition) is 3. The van der Waals surface area contributed by atoms with E-state index in [0.717, 1.165) is 0 Å². The number of aliphatic hydroxyl groups is 1. The molecule has 0 saturated heterocycles. The van der Waals surface area contributed by atoms with E-state index < -0.39 is 0 Å². The van der Waals surface area contributed by atoms with E-state index in [1.165, 1.54) is 0 Å². The minimum Gasteiger partial charge on any atom is -0.384 e. The van der Waals surface area contributed by atoms with Gasteiger partial charge in [-0.05, 0) is 13.0 Å². The number of carbonyl (C=O) groups is 1. The highest BCUT2D eigenvalue weighted by molar-refractivity contribution is 5.76. The molecule has 0 spiro atoms. The Hall–Kier alpha value is -1.05. The van der Waals surface area contributed by atoms with Crippen molar-refractivity contribution in [1.82, 2.24) is 5.32 Å². The second-order valence-electron chi connectivity index (χ2n) is 2.18. The van der Waals surface area contributed by atoms with Crippen LogP contribution in [0.2, 0.25) is 0 Å². The van der Waals surface area contributed by atoms with Crippen molar-refractivity contribution < 1.29 is 9.90 Å². The predicted molar refractivity (Wildman–Crippen MR) is 46.2 cm³/mol. The summed E-state index contributed by atoms with van der Waals surface area (Å²) in [6.07, 6.45) is 1.14. The average molecular weight is 170 g/mol. The summed E-state index contributed by atoms with van der Waals surface area (Å²) in [6, 6.07) is 0. The standard InChI is InChI=1S/C8H14N2O2/c9-5-3-4-8(12)10-6-1-2-7-11/h11H,3-7,9H2,(H,10,12). The molecule has 12 heavy (non-hydrogen) atoms. The van der Waals surface area contributed by atoms with Crippen LogP contribution in [0, 0.1) is 11.8 Å². The fraction of sp³-hybridized carbons (Fsp3) is 0.625. The maximum atomic E-state index is 10.9. The van der Waals surface area contributed by atoms with E-state index in [0.29, 0.717) is 25.9 Å². The van der Waals surface area contributed by atoms with Crippen LogP contribution in [0.3, 0.4) is 0 Å². The molecule has 0 heterocycles. The molecule has 0 aliphatic heterocycles. The van der Waals surface area contributed by atoms with E-state index in [4.69, 9.17) is 10.8 Å². The van der Waals surface area contributed by atoms with Gasteiger partial charge in [0.25, 0.3) is 0 Å². The van der Waals surface area contributed by atoms with E-state index in [1.54, 1.807) is 0 Å². The van der Waals surface area contributed by atoms with Crippen molar-refractivity contribution in [2.45, 2.75) is 12.8 Å². The Morgan fingerprint density at radius 1 is 1.50 bits per heavy atom. The highest BCUT2D eigenvalue weighted by Gasteiger charge is 1.96. The summed E-state index contributed by atoms with van der Waals surface area (Å²) in [6.45, 7) is 0.651. The largest absolute Gasteiger partial charge is 0.384 e. The molecule has 0 atom stereocenters. The minimum atomic E-state index is -0.168. The molecule has 68 valence electrons. The molecule has 0 aliphatic rings. The molecule has 0 unspecified atom stereocenters. The number of rotatable bonds is 4. The van der Waals surface area contributed by atoms with Crippen molar-refractivity contribution in [2.24, 2.45) is 5.73 Å². The summed E-state index contributed by atoms with van der Waals surface area (Å²) in [5.74, 6) is 4.96. The number of nitrogens with two attached hydrogens (primary N) is 1. The Kier molecular flexibility index (Phi) is 7.35. The molecule has 0 aromatic rings. The lowest BCUT2D eigenvalue weighted by atomic mass is 10.3. The second kappa shape index (κ2) is 8.05. The predicted octanol–water partition coefficient (Wildman–Crippen LogP) is -1.16. The van der Waals surface area contributed by atoms with Gasteiger partial charge in [0.15, 0.2) is 0 Å². The maximum absolute atomic E-state index is 10.9. The molecule has 0 aromatic heterocycles. The zero-order valence-corrected chi connectivity index (χ0v) is 6.97. The molecule has 0 rings (SSSR count). The first-order chi connectivity index (χ1) is 5.81. The SMILES string of the molecule is NCCCC(=O)NCC#CCO. The van der Waals surface area contributed by atoms with Crippen LogP contribution in [0.15, 0.2) is 0 Å². The van der Waals surface area contributed by atoms with Gasteiger partial charge in [0.1, 0.15) is 6.61 Å². The molecule has 4 nitrogen and oxygen atoms in total. The smallest absolute Gasteiger partial charge is 0.220 e. The monoisotopic (exact) mass is 170 g/mol. The van der Waals surface area contributed by atoms with E-state index in [1.807, 2.05) is 0 Å². The third-order valence-corrected chi connectivity index (χ3v) is 1.19. The van der Waals surface area contributed by atoms with Crippen LogP contribution in [0.4, 0.5) is 0 Å². The molecule has 0 bridgehead atoms. The number of amides is 1. The molecule has 0 fully saturated rings. The first kappa shape index (κ1) is 11.0. The Bertz CT molecular complexity index is 181. The lowest BCUT2D eigenvalue weighted by Gasteiger charge is -1.98. The van der Waals surface area contributed by atoms with Crippen LogP contribution in [-0.2, 0) is 4.79 Å². The molecule has 0 saturated carbocycles. The van der Waals surface area contributed by atoms with Crippen molar-refractivity contribution in [2.75, 3.05) is 19.7 Å². The summed E-state index contributed by atoms with van der Waals surface area (Å²) in [7, 11) is 0. The third kappa shape index (κ3) is 7.06. The molecule has 0 aliphatic carbocycles. The van der Waals surface area contributed by atoms with E-state index in [-0.39, 0.29) is 12.5 Å². The van der Waals surface area contributed by atoms with E-state index in [2.05, 4.69) is 17.2 Å². The van der Waals surface area contributed by atoms with Gasteiger partial charge < -0.3 is 16.2 Å². The van der Waals surface area contributed by atoms with Gasteiger partial charge in [0, 0.05) is 6.42 Å². The van der Waals surface area contributed by atoms with Gasteiger partial charge in [-0.25, -0.2) is 0 Å². The first-order valence-electron chi connectivity index (χ1n) is 3.84. The Morgan fingerprint density at radius 2 is 2.25 bits per heavy atom. The van der Waals surface area contributed by atoms with Gasteiger partial charge in [-0.15, -0.1) is 0 Å². The molecular formula is C8H14N2O2. The zero-order valence-electron chi connectivity index (χ0n) is 6.97. The van der Waals surface area contributed by atoms with E-state index >= 15 is 0 Å². The average Bonchev–Trinajstić information content (AvgIpc) is 2.09. The first-order valence-corrected chi connectivity index (χ1v) is 3.84. The van der Waals surface area contributed by atoms with Gasteiger partial charge in [0.2, 0.25) is 5.91 Å². The quantitative estimate of drug-likeness (QED) is 0.466. The lowest BCUT2D eigenvalue weighted by Crippen LogP contribution is -2.23. The fourth-order valence-corrected chi connectivity index (χ4v) is 0.612. The number of carbonyl (C=O) groups excluding carboxylic acids is 1. The topological polar surface area (TPSA) is 75.4 Å². The maximum Gasteiger partial charge on any atom is 0.220 e. The molecule has 1 amide bonds. The summed E-state index contributed by atoms with van der Waals surface area (Å²) < 4.78 is 0. The van der Waals surface area contributed by atoms with Crippen LogP contribution in [0.1, 0.15) is 12.8 Å². The van der Waals surface area contributed by atoms with Crippen molar-refractivity contribution in [3.63, 3.8) is 0 Å². The van der Waals surface area contributed by atoms with Gasteiger partial charge in [-0.2, -0.15) is 0 Å². The van der Waals surface area contributed by atoms with Crippen LogP contribution >= 0.6 is 0 Å². The van der Waals surface area contributed by atoms with Crippen LogP contribution in [0.25, 0.3) is 0 Å². The van der Waals surface area contributed by atoms with Crippen LogP contribution in [-0.4, -0.2) is 30.7 Å². The number of aliphatic hydroxyl groups excluding tert-OH is 1. The summed E-state index contributed by atoms with van der Waals surface area (Å²) in [5, 5.41) is 10.8. The van der Waals surface area contributed by atoms with Gasteiger partial charge in [-0.3, -0.25) is 4.79 Å². The van der Waals surface area contributed by atoms with Gasteiger partial charge in [-0.1, -0.05) is 11.8 Å². The fourth-order valence-electron chi connectivity index (χ4n) is 0.612. The van der Waals surface area contributed by atoms with Crippen molar-refractivity contribution in [3.05, 3.63) is 0 Å². The Labute approximate surface area is 72.1 Å². The van der Waals surface area contributed by atoms with Crippen LogP contribution in [0.5, 0.6) is 0 Å². The Balaban J connectivity index is 3.31. The highest BCUT2D eigenvalue weighted by atomic mass is 16.2. The molecular weight excluding hydrogens is 156 g/mol. The number of nitrogens with one attached hydrogen (secondary N) is 1. The van der Waals surface area contributed by atoms with Crippen molar-refractivity contribution in [1.29, 1.82) is 0 Å². The van der Waals surface area contributed by atoms with Crippen LogP contribution < -0.4 is 11.1 Å². The lowest BCUT2D eigenvalue weighted by molar-refractivity contribution is -0.120. The van der Waals surface area contributed by atoms with Crippen molar-refractivity contribution >= 4 is 5.91 Å². The summed E-state index contributed by atoms with van der Waals surface area (Å²) in [4.78, 5) is 10.9. The summed E-state index contributed by atoms with van der Waals surface area (Å²) in [5.41, 5.74) is 5.21.